The number of rotatable bonds is 1. The number of fused-ring (bicyclic) bond motifs is 1. The Labute approximate surface area is 115 Å². The second-order valence-corrected chi connectivity index (χ2v) is 5.63. The molecular weight excluding hydrogens is 286 g/mol. The summed E-state index contributed by atoms with van der Waals surface area (Å²) < 4.78 is 1.11. The Kier molecular flexibility index (Phi) is 2.75. The van der Waals surface area contributed by atoms with Crippen molar-refractivity contribution in [2.75, 3.05) is 0 Å². The lowest BCUT2D eigenvalue weighted by Gasteiger charge is -2.06. The number of hydrogen-bond donors (Lipinski definition) is 1. The highest BCUT2D eigenvalue weighted by Gasteiger charge is 2.08. The molecule has 3 rings (SSSR count). The summed E-state index contributed by atoms with van der Waals surface area (Å²) in [6, 6.07) is 12.9. The molecule has 0 saturated heterocycles. The zero-order valence-corrected chi connectivity index (χ0v) is 12.0. The van der Waals surface area contributed by atoms with Gasteiger partial charge in [0.1, 0.15) is 0 Å². The molecule has 0 spiro atoms. The van der Waals surface area contributed by atoms with Crippen molar-refractivity contribution in [2.24, 2.45) is 0 Å². The van der Waals surface area contributed by atoms with Crippen LogP contribution in [0.4, 0.5) is 0 Å². The van der Waals surface area contributed by atoms with Gasteiger partial charge in [-0.1, -0.05) is 45.8 Å². The van der Waals surface area contributed by atoms with Crippen molar-refractivity contribution >= 4 is 26.7 Å². The summed E-state index contributed by atoms with van der Waals surface area (Å²) >= 11 is 3.54. The van der Waals surface area contributed by atoms with E-state index in [0.29, 0.717) is 0 Å². The molecular formula is C16H14BrN. The molecule has 0 aliphatic carbocycles. The van der Waals surface area contributed by atoms with Crippen LogP contribution in [0.1, 0.15) is 11.1 Å². The van der Waals surface area contributed by atoms with Gasteiger partial charge in [-0.05, 0) is 36.9 Å². The predicted molar refractivity (Wildman–Crippen MR) is 80.9 cm³/mol. The fourth-order valence-electron chi connectivity index (χ4n) is 2.42. The molecule has 0 aliphatic rings. The Morgan fingerprint density at radius 3 is 2.61 bits per heavy atom. The van der Waals surface area contributed by atoms with Crippen LogP contribution in [-0.2, 0) is 0 Å². The van der Waals surface area contributed by atoms with E-state index in [1.165, 1.54) is 33.2 Å². The molecule has 0 bridgehead atoms. The van der Waals surface area contributed by atoms with Gasteiger partial charge in [0.15, 0.2) is 0 Å². The molecule has 1 heterocycles. The Morgan fingerprint density at radius 2 is 1.83 bits per heavy atom. The molecule has 0 amide bonds. The summed E-state index contributed by atoms with van der Waals surface area (Å²) in [5.41, 5.74) is 5.07. The van der Waals surface area contributed by atoms with Gasteiger partial charge in [0.05, 0.1) is 5.69 Å². The molecule has 2 heteroatoms. The third-order valence-corrected chi connectivity index (χ3v) is 3.80. The van der Waals surface area contributed by atoms with Gasteiger partial charge >= 0.3 is 0 Å². The molecule has 0 saturated carbocycles. The van der Waals surface area contributed by atoms with Crippen LogP contribution in [0.2, 0.25) is 0 Å². The molecule has 1 N–H and O–H groups in total. The number of aromatic nitrogens is 1. The molecule has 2 aromatic carbocycles. The second kappa shape index (κ2) is 4.29. The van der Waals surface area contributed by atoms with Crippen LogP contribution in [-0.4, -0.2) is 4.98 Å². The van der Waals surface area contributed by atoms with Gasteiger partial charge in [-0.2, -0.15) is 0 Å². The summed E-state index contributed by atoms with van der Waals surface area (Å²) in [7, 11) is 0. The Hall–Kier alpha value is -1.54. The van der Waals surface area contributed by atoms with Gasteiger partial charge in [0.25, 0.3) is 0 Å². The van der Waals surface area contributed by atoms with E-state index in [4.69, 9.17) is 0 Å². The molecule has 3 aromatic rings. The topological polar surface area (TPSA) is 15.8 Å². The number of H-pyrrole nitrogens is 1. The predicted octanol–water partition coefficient (Wildman–Crippen LogP) is 5.21. The van der Waals surface area contributed by atoms with Crippen molar-refractivity contribution in [1.29, 1.82) is 0 Å². The molecule has 90 valence electrons. The third-order valence-electron chi connectivity index (χ3n) is 3.31. The molecule has 18 heavy (non-hydrogen) atoms. The van der Waals surface area contributed by atoms with Gasteiger partial charge in [-0.3, -0.25) is 0 Å². The van der Waals surface area contributed by atoms with Crippen LogP contribution in [0.25, 0.3) is 22.0 Å². The highest BCUT2D eigenvalue weighted by molar-refractivity contribution is 9.10. The van der Waals surface area contributed by atoms with Crippen LogP contribution in [0.3, 0.4) is 0 Å². The molecule has 0 unspecified atom stereocenters. The monoisotopic (exact) mass is 299 g/mol. The van der Waals surface area contributed by atoms with Crippen LogP contribution in [0.15, 0.2) is 47.1 Å². The Balaban J connectivity index is 2.28. The number of benzene rings is 2. The van der Waals surface area contributed by atoms with Gasteiger partial charge in [0, 0.05) is 21.6 Å². The van der Waals surface area contributed by atoms with Crippen molar-refractivity contribution in [3.63, 3.8) is 0 Å². The highest BCUT2D eigenvalue weighted by atomic mass is 79.9. The first-order valence-corrected chi connectivity index (χ1v) is 6.79. The van der Waals surface area contributed by atoms with Crippen LogP contribution in [0, 0.1) is 13.8 Å². The van der Waals surface area contributed by atoms with Gasteiger partial charge in [-0.15, -0.1) is 0 Å². The maximum Gasteiger partial charge on any atom is 0.0536 e. The first-order chi connectivity index (χ1) is 8.65. The van der Waals surface area contributed by atoms with Gasteiger partial charge < -0.3 is 4.98 Å². The van der Waals surface area contributed by atoms with E-state index in [0.717, 1.165) is 4.47 Å². The van der Waals surface area contributed by atoms with E-state index in [1.807, 2.05) is 0 Å². The number of nitrogens with one attached hydrogen (secondary N) is 1. The zero-order valence-electron chi connectivity index (χ0n) is 10.4. The highest BCUT2D eigenvalue weighted by Crippen LogP contribution is 2.32. The molecule has 0 radical (unpaired) electrons. The Morgan fingerprint density at radius 1 is 1.00 bits per heavy atom. The minimum Gasteiger partial charge on any atom is -0.360 e. The van der Waals surface area contributed by atoms with Crippen molar-refractivity contribution in [3.05, 3.63) is 58.2 Å². The summed E-state index contributed by atoms with van der Waals surface area (Å²) in [4.78, 5) is 3.40. The summed E-state index contributed by atoms with van der Waals surface area (Å²) in [6.07, 6.45) is 2.07. The normalized spacial score (nSPS) is 11.1. The summed E-state index contributed by atoms with van der Waals surface area (Å²) in [5.74, 6) is 0. The van der Waals surface area contributed by atoms with E-state index < -0.39 is 0 Å². The zero-order chi connectivity index (χ0) is 12.7. The minimum atomic E-state index is 1.11. The fraction of sp³-hybridized carbons (Fsp3) is 0.125. The third kappa shape index (κ3) is 1.87. The number of aryl methyl sites for hydroxylation is 2. The minimum absolute atomic E-state index is 1.11. The molecule has 0 aliphatic heterocycles. The molecule has 1 nitrogen and oxygen atoms in total. The van der Waals surface area contributed by atoms with Crippen LogP contribution in [0.5, 0.6) is 0 Å². The smallest absolute Gasteiger partial charge is 0.0536 e. The lowest BCUT2D eigenvalue weighted by Crippen LogP contribution is -1.85. The second-order valence-electron chi connectivity index (χ2n) is 4.71. The van der Waals surface area contributed by atoms with Gasteiger partial charge in [0.2, 0.25) is 0 Å². The van der Waals surface area contributed by atoms with Crippen molar-refractivity contribution < 1.29 is 0 Å². The van der Waals surface area contributed by atoms with Crippen LogP contribution >= 0.6 is 15.9 Å². The summed E-state index contributed by atoms with van der Waals surface area (Å²) in [5, 5.41) is 2.50. The molecule has 1 aromatic heterocycles. The van der Waals surface area contributed by atoms with Crippen molar-refractivity contribution in [1.82, 2.24) is 4.98 Å². The van der Waals surface area contributed by atoms with E-state index in [2.05, 4.69) is 77.4 Å². The summed E-state index contributed by atoms with van der Waals surface area (Å²) in [6.45, 7) is 4.28. The molecule has 0 fully saturated rings. The lowest BCUT2D eigenvalue weighted by molar-refractivity contribution is 1.34. The van der Waals surface area contributed by atoms with Crippen molar-refractivity contribution in [2.45, 2.75) is 13.8 Å². The Bertz CT molecular complexity index is 725. The van der Waals surface area contributed by atoms with E-state index in [-0.39, 0.29) is 0 Å². The standard InChI is InChI=1S/C16H14BrN/c1-10-3-6-14(11(2)7-10)16-15-8-13(17)5-4-12(15)9-18-16/h3-9,18H,1-2H3. The number of halogens is 1. The van der Waals surface area contributed by atoms with Gasteiger partial charge in [-0.25, -0.2) is 0 Å². The average Bonchev–Trinajstić information content (AvgIpc) is 2.72. The number of hydrogen-bond acceptors (Lipinski definition) is 0. The number of aromatic amines is 1. The maximum absolute atomic E-state index is 3.54. The first-order valence-electron chi connectivity index (χ1n) is 5.99. The average molecular weight is 300 g/mol. The van der Waals surface area contributed by atoms with Crippen LogP contribution < -0.4 is 0 Å². The van der Waals surface area contributed by atoms with E-state index in [9.17, 15) is 0 Å². The largest absolute Gasteiger partial charge is 0.360 e. The SMILES string of the molecule is Cc1ccc(-c2[nH]cc3ccc(Br)cc23)c(C)c1. The van der Waals surface area contributed by atoms with E-state index >= 15 is 0 Å². The van der Waals surface area contributed by atoms with Crippen molar-refractivity contribution in [3.8, 4) is 11.3 Å². The lowest BCUT2D eigenvalue weighted by atomic mass is 10.0. The van der Waals surface area contributed by atoms with E-state index in [1.54, 1.807) is 0 Å². The fourth-order valence-corrected chi connectivity index (χ4v) is 2.78. The maximum atomic E-state index is 3.54. The quantitative estimate of drug-likeness (QED) is 0.634. The molecule has 0 atom stereocenters. The first kappa shape index (κ1) is 11.5.